The minimum atomic E-state index is -0.703. The van der Waals surface area contributed by atoms with E-state index in [1.54, 1.807) is 30.3 Å². The van der Waals surface area contributed by atoms with Crippen molar-refractivity contribution in [3.63, 3.8) is 0 Å². The molecule has 1 saturated heterocycles. The van der Waals surface area contributed by atoms with Crippen molar-refractivity contribution in [3.05, 3.63) is 106 Å². The summed E-state index contributed by atoms with van der Waals surface area (Å²) in [6.45, 7) is 0. The quantitative estimate of drug-likeness (QED) is 0.245. The number of ketones is 2. The number of aromatic hydroxyl groups is 1. The second-order valence-electron chi connectivity index (χ2n) is 10.5. The fourth-order valence-electron chi connectivity index (χ4n) is 6.90. The number of halogens is 1. The first kappa shape index (κ1) is 24.0. The number of fused-ring (bicyclic) bond motifs is 4. The van der Waals surface area contributed by atoms with Gasteiger partial charge in [-0.15, -0.1) is 0 Å². The lowest BCUT2D eigenvalue weighted by Gasteiger charge is -2.42. The average Bonchev–Trinajstić information content (AvgIpc) is 3.21. The Morgan fingerprint density at radius 1 is 0.846 bits per heavy atom. The van der Waals surface area contributed by atoms with Crippen LogP contribution in [0.4, 0.5) is 5.69 Å². The third-order valence-corrected chi connectivity index (χ3v) is 9.18. The van der Waals surface area contributed by atoms with E-state index in [1.807, 2.05) is 42.5 Å². The number of phenols is 1. The van der Waals surface area contributed by atoms with Gasteiger partial charge in [0.25, 0.3) is 0 Å². The van der Waals surface area contributed by atoms with Gasteiger partial charge in [0.05, 0.1) is 22.0 Å². The highest BCUT2D eigenvalue weighted by Gasteiger charge is 2.56. The van der Waals surface area contributed by atoms with Crippen LogP contribution in [0, 0.1) is 17.8 Å². The van der Waals surface area contributed by atoms with E-state index in [0.29, 0.717) is 34.2 Å². The fraction of sp³-hybridized carbons (Fsp3) is 0.188. The van der Waals surface area contributed by atoms with E-state index < -0.39 is 23.7 Å². The number of allylic oxidation sites excluding steroid dienone is 6. The Morgan fingerprint density at radius 2 is 1.59 bits per heavy atom. The van der Waals surface area contributed by atoms with Gasteiger partial charge in [0.2, 0.25) is 11.8 Å². The molecular weight excluding hydrogens is 558 g/mol. The molecule has 6 nitrogen and oxygen atoms in total. The van der Waals surface area contributed by atoms with Crippen molar-refractivity contribution in [1.82, 2.24) is 0 Å². The number of anilines is 1. The molecule has 0 saturated carbocycles. The zero-order chi connectivity index (χ0) is 27.0. The summed E-state index contributed by atoms with van der Waals surface area (Å²) in [5.41, 5.74) is 2.53. The molecule has 1 heterocycles. The topological polar surface area (TPSA) is 91.8 Å². The molecule has 7 heteroatoms. The Balaban J connectivity index is 1.41. The molecule has 1 aliphatic heterocycles. The molecule has 0 bridgehead atoms. The van der Waals surface area contributed by atoms with Gasteiger partial charge in [-0.05, 0) is 52.2 Å². The number of hydrogen-bond donors (Lipinski definition) is 1. The smallest absolute Gasteiger partial charge is 0.238 e. The van der Waals surface area contributed by atoms with E-state index in [2.05, 4.69) is 15.9 Å². The molecule has 0 radical (unpaired) electrons. The Hall–Kier alpha value is -4.10. The molecule has 3 aliphatic carbocycles. The number of carbonyl (C=O) groups is 4. The monoisotopic (exact) mass is 579 g/mol. The molecule has 3 aromatic carbocycles. The van der Waals surface area contributed by atoms with Crippen LogP contribution in [-0.4, -0.2) is 28.5 Å². The molecule has 0 spiro atoms. The van der Waals surface area contributed by atoms with Crippen LogP contribution in [0.1, 0.15) is 24.3 Å². The number of benzene rings is 3. The number of carbonyl (C=O) groups excluding carboxylic acids is 4. The molecule has 7 rings (SSSR count). The summed E-state index contributed by atoms with van der Waals surface area (Å²) < 4.78 is 0.173. The Kier molecular flexibility index (Phi) is 5.36. The van der Waals surface area contributed by atoms with Crippen LogP contribution < -0.4 is 4.90 Å². The first-order valence-corrected chi connectivity index (χ1v) is 13.7. The van der Waals surface area contributed by atoms with Crippen LogP contribution in [0.5, 0.6) is 5.75 Å². The highest BCUT2D eigenvalue weighted by Crippen LogP contribution is 2.57. The van der Waals surface area contributed by atoms with Gasteiger partial charge in [-0.1, -0.05) is 66.2 Å². The van der Waals surface area contributed by atoms with Gasteiger partial charge in [0, 0.05) is 34.1 Å². The second kappa shape index (κ2) is 8.71. The summed E-state index contributed by atoms with van der Waals surface area (Å²) in [5, 5.41) is 12.9. The number of phenolic OH excluding ortho intramolecular Hbond substituents is 1. The molecule has 192 valence electrons. The molecule has 4 aliphatic rings. The Bertz CT molecular complexity index is 1730. The van der Waals surface area contributed by atoms with Crippen molar-refractivity contribution >= 4 is 55.8 Å². The van der Waals surface area contributed by atoms with Crippen molar-refractivity contribution < 1.29 is 24.3 Å². The number of Topliss-reactive ketones (excluding diaryl/α,β-unsaturated/α-hetero) is 1. The molecule has 4 atom stereocenters. The lowest BCUT2D eigenvalue weighted by molar-refractivity contribution is -0.123. The zero-order valence-electron chi connectivity index (χ0n) is 20.6. The van der Waals surface area contributed by atoms with Gasteiger partial charge in [0.1, 0.15) is 5.75 Å². The third kappa shape index (κ3) is 3.39. The maximum Gasteiger partial charge on any atom is 0.238 e. The third-order valence-electron chi connectivity index (χ3n) is 8.59. The number of rotatable bonds is 2. The summed E-state index contributed by atoms with van der Waals surface area (Å²) in [7, 11) is 0. The molecule has 4 unspecified atom stereocenters. The summed E-state index contributed by atoms with van der Waals surface area (Å²) in [6, 6.07) is 20.0. The summed E-state index contributed by atoms with van der Waals surface area (Å²) >= 11 is 3.25. The van der Waals surface area contributed by atoms with Crippen molar-refractivity contribution in [3.8, 4) is 5.75 Å². The fourth-order valence-corrected chi connectivity index (χ4v) is 7.35. The van der Waals surface area contributed by atoms with Gasteiger partial charge in [0.15, 0.2) is 11.6 Å². The van der Waals surface area contributed by atoms with Gasteiger partial charge in [-0.3, -0.25) is 24.1 Å². The van der Waals surface area contributed by atoms with Gasteiger partial charge >= 0.3 is 0 Å². The summed E-state index contributed by atoms with van der Waals surface area (Å²) in [6.07, 6.45) is 3.78. The minimum Gasteiger partial charge on any atom is -0.507 e. The van der Waals surface area contributed by atoms with Crippen LogP contribution in [0.15, 0.2) is 100 Å². The molecule has 3 aromatic rings. The Labute approximate surface area is 232 Å². The molecular formula is C32H22BrNO5. The SMILES string of the molecule is O=C1C=C(Br)C(=O)C2=C1C(c1ccc3ccccc3c1O)C1=CCC3C(=O)N(c4ccccc4)C(=O)C3C1C2. The zero-order valence-corrected chi connectivity index (χ0v) is 22.2. The largest absolute Gasteiger partial charge is 0.507 e. The van der Waals surface area contributed by atoms with E-state index >= 15 is 0 Å². The predicted octanol–water partition coefficient (Wildman–Crippen LogP) is 5.51. The standard InChI is InChI=1S/C32H22BrNO5/c33-24-15-25(35)28-23(30(24)37)14-22-19(26(28)20-11-10-16-6-4-5-9-18(16)29(20)36)12-13-21-27(22)32(39)34(31(21)38)17-7-2-1-3-8-17/h1-12,15,21-22,26-27,36H,13-14H2. The number of amides is 2. The Morgan fingerprint density at radius 3 is 2.38 bits per heavy atom. The van der Waals surface area contributed by atoms with Crippen LogP contribution >= 0.6 is 15.9 Å². The van der Waals surface area contributed by atoms with Crippen molar-refractivity contribution in [2.75, 3.05) is 4.90 Å². The van der Waals surface area contributed by atoms with Gasteiger partial charge in [-0.25, -0.2) is 0 Å². The van der Waals surface area contributed by atoms with E-state index in [1.165, 1.54) is 11.0 Å². The molecule has 1 N–H and O–H groups in total. The van der Waals surface area contributed by atoms with Crippen molar-refractivity contribution in [1.29, 1.82) is 0 Å². The van der Waals surface area contributed by atoms with Crippen molar-refractivity contribution in [2.24, 2.45) is 17.8 Å². The maximum absolute atomic E-state index is 13.9. The van der Waals surface area contributed by atoms with E-state index in [0.717, 1.165) is 11.0 Å². The number of hydrogen-bond acceptors (Lipinski definition) is 5. The number of para-hydroxylation sites is 1. The highest BCUT2D eigenvalue weighted by atomic mass is 79.9. The minimum absolute atomic E-state index is 0.0437. The van der Waals surface area contributed by atoms with Crippen LogP contribution in [0.3, 0.4) is 0 Å². The predicted molar refractivity (Wildman–Crippen MR) is 149 cm³/mol. The van der Waals surface area contributed by atoms with E-state index in [-0.39, 0.29) is 40.0 Å². The van der Waals surface area contributed by atoms with Crippen LogP contribution in [0.25, 0.3) is 10.8 Å². The first-order valence-electron chi connectivity index (χ1n) is 12.9. The lowest BCUT2D eigenvalue weighted by atomic mass is 9.59. The molecule has 39 heavy (non-hydrogen) atoms. The molecule has 1 fully saturated rings. The van der Waals surface area contributed by atoms with Crippen LogP contribution in [0.2, 0.25) is 0 Å². The highest BCUT2D eigenvalue weighted by molar-refractivity contribution is 9.12. The number of imide groups is 1. The summed E-state index contributed by atoms with van der Waals surface area (Å²) in [4.78, 5) is 55.5. The maximum atomic E-state index is 13.9. The normalized spacial score (nSPS) is 26.3. The van der Waals surface area contributed by atoms with Gasteiger partial charge < -0.3 is 5.11 Å². The van der Waals surface area contributed by atoms with E-state index in [4.69, 9.17) is 0 Å². The molecule has 0 aromatic heterocycles. The summed E-state index contributed by atoms with van der Waals surface area (Å²) in [5.74, 6) is -3.46. The molecule has 2 amide bonds. The lowest BCUT2D eigenvalue weighted by Crippen LogP contribution is -2.39. The van der Waals surface area contributed by atoms with Gasteiger partial charge in [-0.2, -0.15) is 0 Å². The van der Waals surface area contributed by atoms with Crippen LogP contribution in [-0.2, 0) is 19.2 Å². The first-order chi connectivity index (χ1) is 18.9. The number of nitrogens with zero attached hydrogens (tertiary/aromatic N) is 1. The van der Waals surface area contributed by atoms with Crippen molar-refractivity contribution in [2.45, 2.75) is 18.8 Å². The second-order valence-corrected chi connectivity index (χ2v) is 11.3. The average molecular weight is 580 g/mol. The van der Waals surface area contributed by atoms with E-state index in [9.17, 15) is 24.3 Å².